The molecule has 3 rings (SSSR count). The Morgan fingerprint density at radius 3 is 2.24 bits per heavy atom. The minimum absolute atomic E-state index is 0.0782. The first-order valence-corrected chi connectivity index (χ1v) is 11.4. The Bertz CT molecular complexity index is 1040. The minimum Gasteiger partial charge on any atom is -0.507 e. The number of aliphatic hydroxyl groups is 1. The first-order chi connectivity index (χ1) is 16.4. The van der Waals surface area contributed by atoms with Crippen molar-refractivity contribution in [2.75, 3.05) is 39.9 Å². The van der Waals surface area contributed by atoms with Crippen molar-refractivity contribution in [1.29, 1.82) is 0 Å². The molecule has 2 aromatic carbocycles. The van der Waals surface area contributed by atoms with Gasteiger partial charge in [-0.05, 0) is 55.1 Å². The van der Waals surface area contributed by atoms with E-state index in [1.807, 2.05) is 12.1 Å². The smallest absolute Gasteiger partial charge is 0.295 e. The summed E-state index contributed by atoms with van der Waals surface area (Å²) in [4.78, 5) is 30.0. The van der Waals surface area contributed by atoms with E-state index in [4.69, 9.17) is 9.47 Å². The number of nitrogens with zero attached hydrogens (tertiary/aromatic N) is 2. The summed E-state index contributed by atoms with van der Waals surface area (Å²) >= 11 is 0. The van der Waals surface area contributed by atoms with Crippen LogP contribution in [0.15, 0.2) is 66.8 Å². The van der Waals surface area contributed by atoms with Crippen molar-refractivity contribution in [3.8, 4) is 11.5 Å². The lowest BCUT2D eigenvalue weighted by Gasteiger charge is -2.28. The highest BCUT2D eigenvalue weighted by Gasteiger charge is 2.45. The Balaban J connectivity index is 2.03. The van der Waals surface area contributed by atoms with Gasteiger partial charge < -0.3 is 24.4 Å². The van der Waals surface area contributed by atoms with Gasteiger partial charge >= 0.3 is 0 Å². The number of amides is 1. The molecule has 1 N–H and O–H groups in total. The van der Waals surface area contributed by atoms with Crippen molar-refractivity contribution in [1.82, 2.24) is 9.80 Å². The average molecular weight is 465 g/mol. The van der Waals surface area contributed by atoms with Gasteiger partial charge in [-0.3, -0.25) is 9.59 Å². The fraction of sp³-hybridized carbons (Fsp3) is 0.333. The summed E-state index contributed by atoms with van der Waals surface area (Å²) < 4.78 is 10.8. The van der Waals surface area contributed by atoms with Crippen molar-refractivity contribution in [3.05, 3.63) is 77.9 Å². The molecular weight excluding hydrogens is 432 g/mol. The van der Waals surface area contributed by atoms with Crippen molar-refractivity contribution < 1.29 is 24.2 Å². The van der Waals surface area contributed by atoms with Crippen molar-refractivity contribution in [2.45, 2.75) is 19.9 Å². The Morgan fingerprint density at radius 2 is 1.68 bits per heavy atom. The van der Waals surface area contributed by atoms with Crippen molar-refractivity contribution in [2.24, 2.45) is 0 Å². The molecule has 180 valence electrons. The molecular formula is C27H32N2O5. The summed E-state index contributed by atoms with van der Waals surface area (Å²) in [7, 11) is 1.58. The number of methoxy groups -OCH3 is 1. The van der Waals surface area contributed by atoms with Crippen LogP contribution in [0, 0.1) is 0 Å². The minimum atomic E-state index is -0.696. The standard InChI is InChI=1S/C27H32N2O5/c1-5-18-34-22-14-10-20(11-15-22)25(30)23-24(19-8-12-21(33-4)13-9-19)29(27(32)26(23)31)17-16-28(6-2)7-3/h5,8-15,24,30H,1,6-7,16-18H2,2-4H3/t24-/m0/s1. The average Bonchev–Trinajstić information content (AvgIpc) is 3.13. The number of Topliss-reactive ketones (excluding diaryl/α,β-unsaturated/α-hetero) is 1. The maximum absolute atomic E-state index is 13.1. The number of aliphatic hydroxyl groups excluding tert-OH is 1. The zero-order valence-corrected chi connectivity index (χ0v) is 20.0. The van der Waals surface area contributed by atoms with E-state index in [1.54, 1.807) is 54.5 Å². The van der Waals surface area contributed by atoms with Gasteiger partial charge in [0.2, 0.25) is 0 Å². The van der Waals surface area contributed by atoms with Crippen molar-refractivity contribution >= 4 is 17.4 Å². The number of hydrogen-bond donors (Lipinski definition) is 1. The molecule has 1 aliphatic rings. The topological polar surface area (TPSA) is 79.3 Å². The Morgan fingerprint density at radius 1 is 1.06 bits per heavy atom. The molecule has 0 unspecified atom stereocenters. The van der Waals surface area contributed by atoms with Crippen LogP contribution in [0.5, 0.6) is 11.5 Å². The van der Waals surface area contributed by atoms with Crippen LogP contribution in [-0.4, -0.2) is 66.5 Å². The number of carbonyl (C=O) groups excluding carboxylic acids is 2. The largest absolute Gasteiger partial charge is 0.507 e. The lowest BCUT2D eigenvalue weighted by Crippen LogP contribution is -2.38. The molecule has 7 nitrogen and oxygen atoms in total. The Hall–Kier alpha value is -3.58. The van der Waals surface area contributed by atoms with Gasteiger partial charge in [-0.25, -0.2) is 0 Å². The Kier molecular flexibility index (Phi) is 8.49. The molecule has 1 amide bonds. The molecule has 2 aromatic rings. The number of ether oxygens (including phenoxy) is 2. The van der Waals surface area contributed by atoms with Gasteiger partial charge in [0.25, 0.3) is 11.7 Å². The molecule has 1 saturated heterocycles. The third-order valence-electron chi connectivity index (χ3n) is 6.02. The molecule has 0 spiro atoms. The summed E-state index contributed by atoms with van der Waals surface area (Å²) in [6.45, 7) is 10.8. The van der Waals surface area contributed by atoms with Gasteiger partial charge in [-0.2, -0.15) is 0 Å². The van der Waals surface area contributed by atoms with Crippen LogP contribution in [0.1, 0.15) is 31.0 Å². The van der Waals surface area contributed by atoms with Gasteiger partial charge in [0.05, 0.1) is 18.7 Å². The first kappa shape index (κ1) is 25.1. The van der Waals surface area contributed by atoms with Crippen molar-refractivity contribution in [3.63, 3.8) is 0 Å². The second-order valence-electron chi connectivity index (χ2n) is 7.92. The quantitative estimate of drug-likeness (QED) is 0.234. The number of rotatable bonds is 11. The van der Waals surface area contributed by atoms with Crippen LogP contribution in [0.25, 0.3) is 5.76 Å². The van der Waals surface area contributed by atoms with Crippen LogP contribution in [0.4, 0.5) is 0 Å². The van der Waals surface area contributed by atoms with E-state index < -0.39 is 17.7 Å². The molecule has 34 heavy (non-hydrogen) atoms. The van der Waals surface area contributed by atoms with Gasteiger partial charge in [0, 0.05) is 18.7 Å². The van der Waals surface area contributed by atoms with Crippen LogP contribution in [0.3, 0.4) is 0 Å². The summed E-state index contributed by atoms with van der Waals surface area (Å²) in [5, 5.41) is 11.2. The van der Waals surface area contributed by atoms with Crippen LogP contribution < -0.4 is 9.47 Å². The van der Waals surface area contributed by atoms with Gasteiger partial charge in [0.15, 0.2) is 0 Å². The summed E-state index contributed by atoms with van der Waals surface area (Å²) in [6.07, 6.45) is 1.64. The fourth-order valence-corrected chi connectivity index (χ4v) is 4.05. The predicted octanol–water partition coefficient (Wildman–Crippen LogP) is 4.02. The third-order valence-corrected chi connectivity index (χ3v) is 6.02. The molecule has 0 aliphatic carbocycles. The molecule has 7 heteroatoms. The summed E-state index contributed by atoms with van der Waals surface area (Å²) in [5.41, 5.74) is 1.24. The molecule has 1 aliphatic heterocycles. The predicted molar refractivity (Wildman–Crippen MR) is 132 cm³/mol. The molecule has 0 aromatic heterocycles. The monoisotopic (exact) mass is 464 g/mol. The van der Waals surface area contributed by atoms with Crippen LogP contribution in [0.2, 0.25) is 0 Å². The molecule has 1 fully saturated rings. The van der Waals surface area contributed by atoms with Crippen LogP contribution >= 0.6 is 0 Å². The van der Waals surface area contributed by atoms with E-state index >= 15 is 0 Å². The lowest BCUT2D eigenvalue weighted by atomic mass is 9.95. The fourth-order valence-electron chi connectivity index (χ4n) is 4.05. The molecule has 0 radical (unpaired) electrons. The number of likely N-dealkylation sites (tertiary alicyclic amines) is 1. The second-order valence-corrected chi connectivity index (χ2v) is 7.92. The van der Waals surface area contributed by atoms with Gasteiger partial charge in [0.1, 0.15) is 23.9 Å². The SMILES string of the molecule is C=CCOc1ccc(C(O)=C2C(=O)C(=O)N(CCN(CC)CC)[C@H]2c2ccc(OC)cc2)cc1. The first-order valence-electron chi connectivity index (χ1n) is 11.4. The number of likely N-dealkylation sites (N-methyl/N-ethyl adjacent to an activating group) is 1. The van der Waals surface area contributed by atoms with E-state index in [1.165, 1.54) is 0 Å². The number of ketones is 1. The summed E-state index contributed by atoms with van der Waals surface area (Å²) in [6, 6.07) is 13.3. The lowest BCUT2D eigenvalue weighted by molar-refractivity contribution is -0.140. The van der Waals surface area contributed by atoms with E-state index in [-0.39, 0.29) is 11.3 Å². The van der Waals surface area contributed by atoms with E-state index in [0.29, 0.717) is 36.8 Å². The second kappa shape index (κ2) is 11.5. The zero-order valence-electron chi connectivity index (χ0n) is 20.0. The van der Waals surface area contributed by atoms with E-state index in [2.05, 4.69) is 25.3 Å². The molecule has 0 saturated carbocycles. The molecule has 1 atom stereocenters. The van der Waals surface area contributed by atoms with E-state index in [9.17, 15) is 14.7 Å². The summed E-state index contributed by atoms with van der Waals surface area (Å²) in [5.74, 6) is -0.230. The normalized spacial score (nSPS) is 17.3. The van der Waals surface area contributed by atoms with E-state index in [0.717, 1.165) is 18.7 Å². The third kappa shape index (κ3) is 5.31. The maximum atomic E-state index is 13.1. The highest BCUT2D eigenvalue weighted by atomic mass is 16.5. The number of carbonyl (C=O) groups is 2. The highest BCUT2D eigenvalue weighted by Crippen LogP contribution is 2.39. The number of hydrogen-bond acceptors (Lipinski definition) is 6. The maximum Gasteiger partial charge on any atom is 0.295 e. The van der Waals surface area contributed by atoms with Gasteiger partial charge in [-0.15, -0.1) is 0 Å². The van der Waals surface area contributed by atoms with Gasteiger partial charge in [-0.1, -0.05) is 38.6 Å². The molecule has 0 bridgehead atoms. The zero-order chi connectivity index (χ0) is 24.7. The Labute approximate surface area is 200 Å². The number of benzene rings is 2. The highest BCUT2D eigenvalue weighted by molar-refractivity contribution is 6.46. The van der Waals surface area contributed by atoms with Crippen LogP contribution in [-0.2, 0) is 9.59 Å². The molecule has 1 heterocycles.